The van der Waals surface area contributed by atoms with Crippen molar-refractivity contribution in [3.63, 3.8) is 0 Å². The Balaban J connectivity index is 1.63. The summed E-state index contributed by atoms with van der Waals surface area (Å²) in [7, 11) is 0. The summed E-state index contributed by atoms with van der Waals surface area (Å²) < 4.78 is 7.76. The van der Waals surface area contributed by atoms with Gasteiger partial charge in [-0.3, -0.25) is 4.79 Å². The fourth-order valence-electron chi connectivity index (χ4n) is 3.75. The number of benzene rings is 2. The maximum Gasteiger partial charge on any atom is 0.265 e. The zero-order valence-electron chi connectivity index (χ0n) is 18.4. The number of hydrogen-bond acceptors (Lipinski definition) is 4. The highest BCUT2D eigenvalue weighted by molar-refractivity contribution is 5.95. The summed E-state index contributed by atoms with van der Waals surface area (Å²) in [5.74, 6) is 0.177. The zero-order valence-corrected chi connectivity index (χ0v) is 18.4. The second-order valence-corrected chi connectivity index (χ2v) is 7.82. The van der Waals surface area contributed by atoms with Crippen molar-refractivity contribution in [3.05, 3.63) is 77.0 Å². The molecule has 0 saturated carbocycles. The first-order valence-electron chi connectivity index (χ1n) is 10.3. The Kier molecular flexibility index (Phi) is 5.46. The van der Waals surface area contributed by atoms with Gasteiger partial charge in [0, 0.05) is 17.1 Å². The molecular formula is C25H26N4O2. The quantitative estimate of drug-likeness (QED) is 0.496. The molecule has 0 saturated heterocycles. The van der Waals surface area contributed by atoms with E-state index in [9.17, 15) is 4.79 Å². The first-order chi connectivity index (χ1) is 14.8. The van der Waals surface area contributed by atoms with E-state index in [1.165, 1.54) is 0 Å². The van der Waals surface area contributed by atoms with Crippen LogP contribution in [0.2, 0.25) is 0 Å². The van der Waals surface area contributed by atoms with Gasteiger partial charge in [-0.05, 0) is 63.4 Å². The van der Waals surface area contributed by atoms with Crippen LogP contribution in [0.15, 0.2) is 54.6 Å². The molecule has 0 unspecified atom stereocenters. The normalized spacial score (nSPS) is 12.0. The van der Waals surface area contributed by atoms with E-state index in [0.29, 0.717) is 11.5 Å². The smallest absolute Gasteiger partial charge is 0.265 e. The van der Waals surface area contributed by atoms with Gasteiger partial charge in [-0.1, -0.05) is 36.4 Å². The Bertz CT molecular complexity index is 1240. The summed E-state index contributed by atoms with van der Waals surface area (Å²) in [6.07, 6.45) is -0.711. The molecule has 4 aromatic rings. The number of nitrogens with zero attached hydrogens (tertiary/aromatic N) is 3. The lowest BCUT2D eigenvalue weighted by Crippen LogP contribution is -2.31. The van der Waals surface area contributed by atoms with Gasteiger partial charge in [-0.15, -0.1) is 0 Å². The maximum absolute atomic E-state index is 12.8. The molecule has 2 aromatic heterocycles. The molecule has 0 aliphatic carbocycles. The van der Waals surface area contributed by atoms with Gasteiger partial charge in [0.15, 0.2) is 11.8 Å². The van der Waals surface area contributed by atoms with Gasteiger partial charge in [-0.25, -0.2) is 4.68 Å². The van der Waals surface area contributed by atoms with Crippen molar-refractivity contribution in [1.82, 2.24) is 14.8 Å². The molecule has 0 radical (unpaired) electrons. The minimum absolute atomic E-state index is 0.218. The van der Waals surface area contributed by atoms with Gasteiger partial charge >= 0.3 is 0 Å². The lowest BCUT2D eigenvalue weighted by atomic mass is 10.1. The third-order valence-corrected chi connectivity index (χ3v) is 5.38. The molecule has 158 valence electrons. The minimum atomic E-state index is -0.711. The number of pyridine rings is 1. The van der Waals surface area contributed by atoms with Crippen LogP contribution in [0, 0.1) is 27.7 Å². The van der Waals surface area contributed by atoms with E-state index in [1.54, 1.807) is 6.92 Å². The van der Waals surface area contributed by atoms with Crippen LogP contribution >= 0.6 is 0 Å². The summed E-state index contributed by atoms with van der Waals surface area (Å²) in [4.78, 5) is 17.5. The number of carbonyl (C=O) groups excluding carboxylic acids is 1. The molecule has 0 aliphatic rings. The number of fused-ring (bicyclic) bond motifs is 1. The Morgan fingerprint density at radius 2 is 1.65 bits per heavy atom. The summed E-state index contributed by atoms with van der Waals surface area (Å²) in [5.41, 5.74) is 6.38. The van der Waals surface area contributed by atoms with E-state index in [-0.39, 0.29) is 5.91 Å². The second kappa shape index (κ2) is 8.22. The number of aromatic nitrogens is 3. The van der Waals surface area contributed by atoms with Crippen molar-refractivity contribution in [3.8, 4) is 11.6 Å². The largest absolute Gasteiger partial charge is 0.464 e. The minimum Gasteiger partial charge on any atom is -0.464 e. The van der Waals surface area contributed by atoms with E-state index < -0.39 is 6.10 Å². The Hall–Kier alpha value is -3.67. The lowest BCUT2D eigenvalue weighted by Gasteiger charge is -2.17. The third-order valence-electron chi connectivity index (χ3n) is 5.38. The third kappa shape index (κ3) is 4.01. The van der Waals surface area contributed by atoms with Crippen LogP contribution < -0.4 is 10.1 Å². The van der Waals surface area contributed by atoms with Gasteiger partial charge in [0.1, 0.15) is 0 Å². The molecule has 2 aromatic carbocycles. The molecule has 1 atom stereocenters. The number of rotatable bonds is 5. The predicted octanol–water partition coefficient (Wildman–Crippen LogP) is 5.06. The average molecular weight is 415 g/mol. The highest BCUT2D eigenvalue weighted by Crippen LogP contribution is 2.27. The fraction of sp³-hybridized carbons (Fsp3) is 0.240. The lowest BCUT2D eigenvalue weighted by molar-refractivity contribution is -0.122. The average Bonchev–Trinajstić information content (AvgIpc) is 3.08. The maximum atomic E-state index is 12.8. The van der Waals surface area contributed by atoms with Gasteiger partial charge < -0.3 is 10.1 Å². The summed E-state index contributed by atoms with van der Waals surface area (Å²) >= 11 is 0. The van der Waals surface area contributed by atoms with E-state index >= 15 is 0 Å². The van der Waals surface area contributed by atoms with Crippen molar-refractivity contribution in [2.45, 2.75) is 40.7 Å². The second-order valence-electron chi connectivity index (χ2n) is 7.82. The van der Waals surface area contributed by atoms with E-state index in [0.717, 1.165) is 39.1 Å². The summed E-state index contributed by atoms with van der Waals surface area (Å²) in [6, 6.07) is 17.6. The predicted molar refractivity (Wildman–Crippen MR) is 123 cm³/mol. The van der Waals surface area contributed by atoms with Crippen LogP contribution in [0.3, 0.4) is 0 Å². The molecular weight excluding hydrogens is 388 g/mol. The number of anilines is 1. The molecule has 2 heterocycles. The summed E-state index contributed by atoms with van der Waals surface area (Å²) in [6.45, 7) is 9.64. The molecule has 31 heavy (non-hydrogen) atoms. The van der Waals surface area contributed by atoms with Crippen LogP contribution in [0.25, 0.3) is 16.7 Å². The number of para-hydroxylation sites is 2. The molecule has 0 spiro atoms. The van der Waals surface area contributed by atoms with Gasteiger partial charge in [0.2, 0.25) is 5.88 Å². The van der Waals surface area contributed by atoms with Crippen molar-refractivity contribution < 1.29 is 9.53 Å². The molecule has 0 aliphatic heterocycles. The van der Waals surface area contributed by atoms with E-state index in [4.69, 9.17) is 9.72 Å². The molecule has 6 nitrogen and oxygen atoms in total. The number of nitrogens with one attached hydrogen (secondary N) is 1. The molecule has 1 amide bonds. The van der Waals surface area contributed by atoms with Gasteiger partial charge in [-0.2, -0.15) is 10.1 Å². The van der Waals surface area contributed by atoms with Gasteiger partial charge in [0.25, 0.3) is 5.91 Å². The number of hydrogen-bond donors (Lipinski definition) is 1. The molecule has 4 rings (SSSR count). The Labute approximate surface area is 181 Å². The van der Waals surface area contributed by atoms with Crippen molar-refractivity contribution in [2.24, 2.45) is 0 Å². The fourth-order valence-corrected chi connectivity index (χ4v) is 3.75. The number of amides is 1. The van der Waals surface area contributed by atoms with Crippen LogP contribution in [0.1, 0.15) is 29.3 Å². The van der Waals surface area contributed by atoms with E-state index in [2.05, 4.69) is 10.4 Å². The molecule has 0 bridgehead atoms. The standard InChI is InChI=1S/C25H26N4O2/c1-15-10-9-11-16(2)23(15)27-25(30)19(5)31-21-14-17(3)22-18(4)28-29(24(22)26-21)20-12-7-6-8-13-20/h6-14,19H,1-5H3,(H,27,30)/t19-/m1/s1. The first-order valence-corrected chi connectivity index (χ1v) is 10.3. The van der Waals surface area contributed by atoms with Crippen LogP contribution in [-0.2, 0) is 4.79 Å². The number of ether oxygens (including phenoxy) is 1. The number of carbonyl (C=O) groups is 1. The van der Waals surface area contributed by atoms with Gasteiger partial charge in [0.05, 0.1) is 11.4 Å². The highest BCUT2D eigenvalue weighted by atomic mass is 16.5. The first kappa shape index (κ1) is 20.6. The van der Waals surface area contributed by atoms with Crippen molar-refractivity contribution in [1.29, 1.82) is 0 Å². The number of aryl methyl sites for hydroxylation is 4. The van der Waals surface area contributed by atoms with Crippen molar-refractivity contribution in [2.75, 3.05) is 5.32 Å². The Morgan fingerprint density at radius 1 is 0.968 bits per heavy atom. The molecule has 1 N–H and O–H groups in total. The van der Waals surface area contributed by atoms with Crippen LogP contribution in [0.4, 0.5) is 5.69 Å². The molecule has 0 fully saturated rings. The monoisotopic (exact) mass is 414 g/mol. The highest BCUT2D eigenvalue weighted by Gasteiger charge is 2.20. The Morgan fingerprint density at radius 3 is 2.32 bits per heavy atom. The summed E-state index contributed by atoms with van der Waals surface area (Å²) in [5, 5.41) is 8.64. The molecule has 6 heteroatoms. The van der Waals surface area contributed by atoms with Crippen molar-refractivity contribution >= 4 is 22.6 Å². The topological polar surface area (TPSA) is 69.0 Å². The van der Waals surface area contributed by atoms with Crippen LogP contribution in [-0.4, -0.2) is 26.8 Å². The van der Waals surface area contributed by atoms with E-state index in [1.807, 2.05) is 87.0 Å². The van der Waals surface area contributed by atoms with Crippen LogP contribution in [0.5, 0.6) is 5.88 Å². The zero-order chi connectivity index (χ0) is 22.1. The SMILES string of the molecule is Cc1cccc(C)c1NC(=O)[C@@H](C)Oc1cc(C)c2c(C)nn(-c3ccccc3)c2n1.